The van der Waals surface area contributed by atoms with Gasteiger partial charge in [-0.25, -0.2) is 4.57 Å². The van der Waals surface area contributed by atoms with Gasteiger partial charge in [-0.3, -0.25) is 18.6 Å². The van der Waals surface area contributed by atoms with E-state index in [9.17, 15) is 44.6 Å². The molecule has 0 bridgehead atoms. The summed E-state index contributed by atoms with van der Waals surface area (Å²) >= 11 is 0. The van der Waals surface area contributed by atoms with E-state index >= 15 is 0 Å². The van der Waals surface area contributed by atoms with E-state index in [1.54, 1.807) is 0 Å². The van der Waals surface area contributed by atoms with E-state index < -0.39 is 75.7 Å². The molecular weight excluding hydrogens is 755 g/mol. The zero-order valence-corrected chi connectivity index (χ0v) is 36.3. The van der Waals surface area contributed by atoms with Crippen molar-refractivity contribution in [1.29, 1.82) is 0 Å². The van der Waals surface area contributed by atoms with Crippen LogP contribution < -0.4 is 0 Å². The number of allylic oxidation sites excluding steroid dienone is 2. The first-order valence-corrected chi connectivity index (χ1v) is 24.0. The molecule has 1 rings (SSSR count). The average Bonchev–Trinajstić information content (AvgIpc) is 3.19. The van der Waals surface area contributed by atoms with Crippen molar-refractivity contribution in [2.75, 3.05) is 13.2 Å². The maximum absolute atomic E-state index is 12.8. The number of carbonyl (C=O) groups excluding carboxylic acids is 2. The lowest BCUT2D eigenvalue weighted by atomic mass is 9.85. The fraction of sp³-hybridized carbons (Fsp3) is 0.907. The Morgan fingerprint density at radius 1 is 0.526 bits per heavy atom. The highest BCUT2D eigenvalue weighted by atomic mass is 31.2. The van der Waals surface area contributed by atoms with Gasteiger partial charge in [0.1, 0.15) is 43.2 Å². The monoisotopic (exact) mass is 837 g/mol. The van der Waals surface area contributed by atoms with E-state index in [0.717, 1.165) is 57.8 Å². The fourth-order valence-electron chi connectivity index (χ4n) is 6.93. The van der Waals surface area contributed by atoms with Gasteiger partial charge in [0, 0.05) is 12.8 Å². The first-order valence-electron chi connectivity index (χ1n) is 22.5. The molecule has 336 valence electrons. The van der Waals surface area contributed by atoms with E-state index in [2.05, 4.69) is 26.0 Å². The highest BCUT2D eigenvalue weighted by molar-refractivity contribution is 7.47. The van der Waals surface area contributed by atoms with Gasteiger partial charge in [-0.2, -0.15) is 0 Å². The third-order valence-electron chi connectivity index (χ3n) is 10.6. The number of ether oxygens (including phenoxy) is 2. The fourth-order valence-corrected chi connectivity index (χ4v) is 7.90. The Hall–Kier alpha value is -1.41. The summed E-state index contributed by atoms with van der Waals surface area (Å²) in [5, 5.41) is 50.1. The smallest absolute Gasteiger partial charge is 0.462 e. The molecule has 0 aliphatic heterocycles. The molecule has 0 aromatic heterocycles. The molecule has 0 aromatic rings. The van der Waals surface area contributed by atoms with Crippen molar-refractivity contribution >= 4 is 19.8 Å². The summed E-state index contributed by atoms with van der Waals surface area (Å²) in [7, 11) is -5.11. The molecule has 0 amide bonds. The van der Waals surface area contributed by atoms with Crippen molar-refractivity contribution in [3.63, 3.8) is 0 Å². The zero-order chi connectivity index (χ0) is 42.2. The number of phosphoric acid groups is 1. The summed E-state index contributed by atoms with van der Waals surface area (Å²) in [6, 6.07) is 0. The Bertz CT molecular complexity index is 1060. The number of esters is 2. The highest BCUT2D eigenvalue weighted by Crippen LogP contribution is 2.47. The van der Waals surface area contributed by atoms with Crippen LogP contribution in [0, 0.1) is 0 Å². The van der Waals surface area contributed by atoms with Crippen LogP contribution in [-0.4, -0.2) is 98.3 Å². The van der Waals surface area contributed by atoms with Crippen LogP contribution in [0.3, 0.4) is 0 Å². The van der Waals surface area contributed by atoms with Crippen LogP contribution >= 0.6 is 7.82 Å². The molecule has 6 N–H and O–H groups in total. The van der Waals surface area contributed by atoms with Crippen molar-refractivity contribution in [1.82, 2.24) is 0 Å². The van der Waals surface area contributed by atoms with Gasteiger partial charge < -0.3 is 39.9 Å². The third-order valence-corrected chi connectivity index (χ3v) is 11.6. The Kier molecular flexibility index (Phi) is 32.3. The number of rotatable bonds is 37. The van der Waals surface area contributed by atoms with Crippen molar-refractivity contribution in [2.24, 2.45) is 0 Å². The lowest BCUT2D eigenvalue weighted by Gasteiger charge is -2.41. The SMILES string of the molecule is CCCCCCC=CCCCCCCCCCC(=O)OCC(COP(=O)(O)OC1C(O)C(O)C(O)C(O)C1O)OC(=O)CCCCCCCCCCCCCCC. The van der Waals surface area contributed by atoms with Crippen LogP contribution in [0.2, 0.25) is 0 Å². The first kappa shape index (κ1) is 53.6. The molecule has 14 heteroatoms. The topological polar surface area (TPSA) is 210 Å². The van der Waals surface area contributed by atoms with E-state index in [1.807, 2.05) is 0 Å². The molecular formula is C43H81O13P. The van der Waals surface area contributed by atoms with Crippen molar-refractivity contribution < 1.29 is 63.1 Å². The molecule has 0 spiro atoms. The Morgan fingerprint density at radius 3 is 1.35 bits per heavy atom. The number of hydrogen-bond acceptors (Lipinski definition) is 12. The van der Waals surface area contributed by atoms with E-state index in [0.29, 0.717) is 12.8 Å². The normalized spacial score (nSPS) is 22.7. The summed E-state index contributed by atoms with van der Waals surface area (Å²) < 4.78 is 33.5. The number of unbranched alkanes of at least 4 members (excludes halogenated alkanes) is 23. The molecule has 13 nitrogen and oxygen atoms in total. The molecule has 6 atom stereocenters. The molecule has 57 heavy (non-hydrogen) atoms. The third kappa shape index (κ3) is 27.1. The van der Waals surface area contributed by atoms with Crippen LogP contribution in [0.15, 0.2) is 12.2 Å². The van der Waals surface area contributed by atoms with Crippen LogP contribution in [0.5, 0.6) is 0 Å². The highest BCUT2D eigenvalue weighted by Gasteiger charge is 2.51. The second-order valence-electron chi connectivity index (χ2n) is 15.9. The molecule has 1 aliphatic carbocycles. The zero-order valence-electron chi connectivity index (χ0n) is 35.4. The second kappa shape index (κ2) is 34.3. The number of hydrogen-bond donors (Lipinski definition) is 6. The molecule has 1 aliphatic rings. The van der Waals surface area contributed by atoms with Crippen molar-refractivity contribution in [3.05, 3.63) is 12.2 Å². The minimum absolute atomic E-state index is 0.101. The van der Waals surface area contributed by atoms with Crippen molar-refractivity contribution in [3.8, 4) is 0 Å². The summed E-state index contributed by atoms with van der Waals surface area (Å²) in [6.45, 7) is 3.28. The van der Waals surface area contributed by atoms with Crippen molar-refractivity contribution in [2.45, 2.75) is 236 Å². The van der Waals surface area contributed by atoms with E-state index in [-0.39, 0.29) is 12.8 Å². The molecule has 1 saturated carbocycles. The van der Waals surface area contributed by atoms with Gasteiger partial charge in [-0.05, 0) is 38.5 Å². The minimum Gasteiger partial charge on any atom is -0.462 e. The standard InChI is InChI=1S/C43H81O13P/c1-3-5-7-9-11-13-15-17-18-20-21-23-25-27-29-31-36(44)53-33-35(34-54-57(51,52)56-43-41(49)39(47)38(46)40(48)42(43)50)55-37(45)32-30-28-26-24-22-19-16-14-12-10-8-6-4-2/h13,15,35,38-43,46-50H,3-12,14,16-34H2,1-2H3,(H,51,52). The number of phosphoric ester groups is 1. The average molecular weight is 837 g/mol. The lowest BCUT2D eigenvalue weighted by molar-refractivity contribution is -0.220. The molecule has 0 heterocycles. The second-order valence-corrected chi connectivity index (χ2v) is 17.3. The number of aliphatic hydroxyl groups is 5. The molecule has 0 saturated heterocycles. The van der Waals surface area contributed by atoms with Gasteiger partial charge in [0.25, 0.3) is 0 Å². The van der Waals surface area contributed by atoms with Gasteiger partial charge in [0.15, 0.2) is 6.10 Å². The molecule has 6 unspecified atom stereocenters. The number of carbonyl (C=O) groups is 2. The minimum atomic E-state index is -5.11. The Labute approximate surface area is 343 Å². The summed E-state index contributed by atoms with van der Waals surface area (Å²) in [5.74, 6) is -1.10. The first-order chi connectivity index (χ1) is 27.4. The van der Waals surface area contributed by atoms with Crippen LogP contribution in [0.1, 0.15) is 194 Å². The van der Waals surface area contributed by atoms with Gasteiger partial charge in [0.05, 0.1) is 6.61 Å². The van der Waals surface area contributed by atoms with Crippen LogP contribution in [0.4, 0.5) is 0 Å². The van der Waals surface area contributed by atoms with Gasteiger partial charge >= 0.3 is 19.8 Å². The maximum atomic E-state index is 12.8. The van der Waals surface area contributed by atoms with E-state index in [4.69, 9.17) is 18.5 Å². The van der Waals surface area contributed by atoms with Gasteiger partial charge in [0.2, 0.25) is 0 Å². The molecule has 0 radical (unpaired) electrons. The predicted molar refractivity (Wildman–Crippen MR) is 221 cm³/mol. The Morgan fingerprint density at radius 2 is 0.895 bits per heavy atom. The lowest BCUT2D eigenvalue weighted by Crippen LogP contribution is -2.64. The summed E-state index contributed by atoms with van der Waals surface area (Å²) in [4.78, 5) is 35.6. The van der Waals surface area contributed by atoms with Gasteiger partial charge in [-0.1, -0.05) is 154 Å². The summed E-state index contributed by atoms with van der Waals surface area (Å²) in [6.07, 6.45) is 21.2. The van der Waals surface area contributed by atoms with E-state index in [1.165, 1.54) is 96.3 Å². The number of aliphatic hydroxyl groups excluding tert-OH is 5. The van der Waals surface area contributed by atoms with Gasteiger partial charge in [-0.15, -0.1) is 0 Å². The van der Waals surface area contributed by atoms with Crippen LogP contribution in [0.25, 0.3) is 0 Å². The largest absolute Gasteiger partial charge is 0.472 e. The maximum Gasteiger partial charge on any atom is 0.472 e. The molecule has 0 aromatic carbocycles. The predicted octanol–water partition coefficient (Wildman–Crippen LogP) is 8.28. The van der Waals surface area contributed by atoms with Crippen LogP contribution in [-0.2, 0) is 32.7 Å². The summed E-state index contributed by atoms with van der Waals surface area (Å²) in [5.41, 5.74) is 0. The quantitative estimate of drug-likeness (QED) is 0.0151. The Balaban J connectivity index is 2.47. The molecule has 1 fully saturated rings.